The van der Waals surface area contributed by atoms with Crippen LogP contribution < -0.4 is 19.7 Å². The number of aryl methyl sites for hydroxylation is 1. The smallest absolute Gasteiger partial charge is 0.336 e. The van der Waals surface area contributed by atoms with Crippen molar-refractivity contribution < 1.29 is 9.53 Å². The van der Waals surface area contributed by atoms with Gasteiger partial charge in [0.1, 0.15) is 0 Å². The standard InChI is InChI=1S/C26H32N4O3S/c1-9-33-26(32)23(16(2)3)24(19-10-12-21(13-11-19)28(6)7)30-18(5)34-22(25(30)31)14-20-15-27-29(8)17(20)4/h10-15,24H,5,9H2,1-4,6-8H3/b22-14+. The van der Waals surface area contributed by atoms with Crippen molar-refractivity contribution in [2.24, 2.45) is 7.05 Å². The summed E-state index contributed by atoms with van der Waals surface area (Å²) in [7, 11) is 5.79. The molecule has 8 heteroatoms. The Bertz CT molecular complexity index is 1390. The number of esters is 1. The maximum absolute atomic E-state index is 13.7. The van der Waals surface area contributed by atoms with E-state index in [1.165, 1.54) is 11.3 Å². The van der Waals surface area contributed by atoms with Crippen LogP contribution in [-0.4, -0.2) is 41.0 Å². The Balaban J connectivity index is 2.29. The van der Waals surface area contributed by atoms with Crippen LogP contribution >= 0.6 is 11.3 Å². The van der Waals surface area contributed by atoms with Crippen molar-refractivity contribution in [3.8, 4) is 0 Å². The lowest BCUT2D eigenvalue weighted by Crippen LogP contribution is -2.37. The summed E-state index contributed by atoms with van der Waals surface area (Å²) in [5, 5.41) is 4.26. The fourth-order valence-corrected chi connectivity index (χ4v) is 4.71. The average Bonchev–Trinajstić information content (AvgIpc) is 3.24. The minimum Gasteiger partial charge on any atom is -0.463 e. The Morgan fingerprint density at radius 1 is 1.26 bits per heavy atom. The number of carbonyl (C=O) groups is 1. The van der Waals surface area contributed by atoms with E-state index >= 15 is 0 Å². The van der Waals surface area contributed by atoms with Crippen LogP contribution in [0.1, 0.15) is 43.6 Å². The van der Waals surface area contributed by atoms with Crippen molar-refractivity contribution in [1.29, 1.82) is 0 Å². The summed E-state index contributed by atoms with van der Waals surface area (Å²) in [4.78, 5) is 28.8. The first kappa shape index (κ1) is 25.2. The topological polar surface area (TPSA) is 69.4 Å². The molecule has 0 aliphatic heterocycles. The highest BCUT2D eigenvalue weighted by Gasteiger charge is 2.29. The van der Waals surface area contributed by atoms with Gasteiger partial charge in [0.15, 0.2) is 0 Å². The van der Waals surface area contributed by atoms with Crippen LogP contribution in [0.2, 0.25) is 0 Å². The predicted molar refractivity (Wildman–Crippen MR) is 139 cm³/mol. The van der Waals surface area contributed by atoms with Gasteiger partial charge in [0.2, 0.25) is 0 Å². The molecule has 1 unspecified atom stereocenters. The minimum absolute atomic E-state index is 0.206. The second kappa shape index (κ2) is 10.3. The third kappa shape index (κ3) is 4.92. The van der Waals surface area contributed by atoms with E-state index in [1.54, 1.807) is 22.4 Å². The maximum atomic E-state index is 13.7. The molecular formula is C26H32N4O3S. The number of carbonyl (C=O) groups excluding carboxylic acids is 1. The van der Waals surface area contributed by atoms with Gasteiger partial charge < -0.3 is 9.64 Å². The van der Waals surface area contributed by atoms with Crippen LogP contribution in [0.15, 0.2) is 46.4 Å². The van der Waals surface area contributed by atoms with Crippen LogP contribution in [-0.2, 0) is 16.6 Å². The predicted octanol–water partition coefficient (Wildman–Crippen LogP) is 2.75. The molecule has 0 fully saturated rings. The van der Waals surface area contributed by atoms with Gasteiger partial charge in [0, 0.05) is 38.1 Å². The molecule has 1 atom stereocenters. The molecule has 0 spiro atoms. The van der Waals surface area contributed by atoms with E-state index in [0.717, 1.165) is 28.1 Å². The van der Waals surface area contributed by atoms with Gasteiger partial charge in [-0.3, -0.25) is 14.0 Å². The SMILES string of the molecule is C=c1s/c(=C/c2cnn(C)c2C)c(=O)n1C(C(C(=O)OCC)=C(C)C)c1ccc(N(C)C)cc1. The molecule has 0 amide bonds. The van der Waals surface area contributed by atoms with E-state index in [2.05, 4.69) is 11.7 Å². The third-order valence-corrected chi connectivity index (χ3v) is 6.72. The molecule has 0 radical (unpaired) electrons. The number of nitrogens with zero attached hydrogens (tertiary/aromatic N) is 4. The molecule has 0 saturated heterocycles. The lowest BCUT2D eigenvalue weighted by Gasteiger charge is -2.23. The number of aromatic nitrogens is 3. The summed E-state index contributed by atoms with van der Waals surface area (Å²) in [6.45, 7) is 11.9. The number of anilines is 1. The molecule has 3 rings (SSSR count). The van der Waals surface area contributed by atoms with Gasteiger partial charge in [0.05, 0.1) is 33.6 Å². The van der Waals surface area contributed by atoms with Crippen LogP contribution in [0.4, 0.5) is 5.69 Å². The van der Waals surface area contributed by atoms with Crippen LogP contribution in [0.3, 0.4) is 0 Å². The van der Waals surface area contributed by atoms with Crippen molar-refractivity contribution >= 4 is 35.6 Å². The molecule has 180 valence electrons. The van der Waals surface area contributed by atoms with Crippen LogP contribution in [0, 0.1) is 6.92 Å². The molecule has 0 bridgehead atoms. The van der Waals surface area contributed by atoms with Crippen molar-refractivity contribution in [3.05, 3.63) is 78.0 Å². The number of rotatable bonds is 7. The van der Waals surface area contributed by atoms with Gasteiger partial charge in [-0.05, 0) is 51.5 Å². The zero-order valence-electron chi connectivity index (χ0n) is 20.9. The highest BCUT2D eigenvalue weighted by molar-refractivity contribution is 7.07. The molecule has 0 N–H and O–H groups in total. The Morgan fingerprint density at radius 3 is 2.41 bits per heavy atom. The first-order chi connectivity index (χ1) is 16.1. The molecule has 2 heterocycles. The largest absolute Gasteiger partial charge is 0.463 e. The van der Waals surface area contributed by atoms with Gasteiger partial charge in [-0.1, -0.05) is 24.3 Å². The number of thiazole rings is 1. The second-order valence-electron chi connectivity index (χ2n) is 8.51. The van der Waals surface area contributed by atoms with E-state index in [9.17, 15) is 9.59 Å². The van der Waals surface area contributed by atoms with Gasteiger partial charge >= 0.3 is 5.97 Å². The Kier molecular flexibility index (Phi) is 7.61. The summed E-state index contributed by atoms with van der Waals surface area (Å²) in [5.41, 5.74) is 4.67. The van der Waals surface area contributed by atoms with Crippen molar-refractivity contribution in [2.75, 3.05) is 25.6 Å². The van der Waals surface area contributed by atoms with Gasteiger partial charge in [-0.25, -0.2) is 4.79 Å². The van der Waals surface area contributed by atoms with E-state index in [0.29, 0.717) is 14.8 Å². The Labute approximate surface area is 203 Å². The summed E-state index contributed by atoms with van der Waals surface area (Å²) in [6, 6.07) is 7.18. The first-order valence-electron chi connectivity index (χ1n) is 11.1. The number of ether oxygens (including phenoxy) is 1. The van der Waals surface area contributed by atoms with Crippen LogP contribution in [0.5, 0.6) is 0 Å². The molecule has 0 aliphatic carbocycles. The van der Waals surface area contributed by atoms with E-state index in [1.807, 2.05) is 77.2 Å². The normalized spacial score (nSPS) is 12.5. The number of hydrogen-bond donors (Lipinski definition) is 0. The molecule has 0 aliphatic rings. The summed E-state index contributed by atoms with van der Waals surface area (Å²) in [6.07, 6.45) is 3.57. The highest BCUT2D eigenvalue weighted by atomic mass is 32.1. The third-order valence-electron chi connectivity index (χ3n) is 5.78. The first-order valence-corrected chi connectivity index (χ1v) is 11.9. The van der Waals surface area contributed by atoms with E-state index in [-0.39, 0.29) is 12.2 Å². The fraction of sp³-hybridized carbons (Fsp3) is 0.346. The Hall–Kier alpha value is -3.39. The van der Waals surface area contributed by atoms with Crippen molar-refractivity contribution in [1.82, 2.24) is 14.3 Å². The van der Waals surface area contributed by atoms with Crippen molar-refractivity contribution in [3.63, 3.8) is 0 Å². The van der Waals surface area contributed by atoms with Crippen molar-refractivity contribution in [2.45, 2.75) is 33.7 Å². The van der Waals surface area contributed by atoms with Crippen LogP contribution in [0.25, 0.3) is 12.7 Å². The van der Waals surface area contributed by atoms with Gasteiger partial charge in [-0.15, -0.1) is 11.3 Å². The molecule has 1 aromatic carbocycles. The minimum atomic E-state index is -0.659. The quantitative estimate of drug-likeness (QED) is 0.384. The van der Waals surface area contributed by atoms with Gasteiger partial charge in [-0.2, -0.15) is 5.10 Å². The number of hydrogen-bond acceptors (Lipinski definition) is 6. The molecule has 3 aromatic rings. The monoisotopic (exact) mass is 480 g/mol. The summed E-state index contributed by atoms with van der Waals surface area (Å²) < 4.78 is 9.86. The van der Waals surface area contributed by atoms with Gasteiger partial charge in [0.25, 0.3) is 5.56 Å². The molecule has 2 aromatic heterocycles. The molecule has 34 heavy (non-hydrogen) atoms. The zero-order valence-corrected chi connectivity index (χ0v) is 21.7. The average molecular weight is 481 g/mol. The van der Waals surface area contributed by atoms with E-state index in [4.69, 9.17) is 4.74 Å². The zero-order chi connectivity index (χ0) is 25.2. The summed E-state index contributed by atoms with van der Waals surface area (Å²) in [5.74, 6) is -0.435. The highest BCUT2D eigenvalue weighted by Crippen LogP contribution is 2.29. The summed E-state index contributed by atoms with van der Waals surface area (Å²) >= 11 is 1.30. The lowest BCUT2D eigenvalue weighted by molar-refractivity contribution is -0.139. The second-order valence-corrected chi connectivity index (χ2v) is 9.63. The fourth-order valence-electron chi connectivity index (χ4n) is 3.80. The molecule has 7 nitrogen and oxygen atoms in total. The Morgan fingerprint density at radius 2 is 1.91 bits per heavy atom. The maximum Gasteiger partial charge on any atom is 0.336 e. The lowest BCUT2D eigenvalue weighted by atomic mass is 9.94. The molecular weight excluding hydrogens is 448 g/mol. The number of benzene rings is 1. The molecule has 0 saturated carbocycles. The van der Waals surface area contributed by atoms with E-state index < -0.39 is 12.0 Å². The number of allylic oxidation sites excluding steroid dienone is 1.